The normalized spacial score (nSPS) is 11.3. The fraction of sp³-hybridized carbons (Fsp3) is 0.533. The Hall–Kier alpha value is -1.31. The number of benzene rings is 1. The van der Waals surface area contributed by atoms with Gasteiger partial charge in [0.2, 0.25) is 0 Å². The van der Waals surface area contributed by atoms with E-state index in [-0.39, 0.29) is 11.4 Å². The molecule has 1 aromatic rings. The average Bonchev–Trinajstić information content (AvgIpc) is 2.26. The van der Waals surface area contributed by atoms with Gasteiger partial charge in [-0.15, -0.1) is 0 Å². The first-order valence-corrected chi connectivity index (χ1v) is 6.18. The Morgan fingerprint density at radius 3 is 2.24 bits per heavy atom. The minimum absolute atomic E-state index is 0.118. The summed E-state index contributed by atoms with van der Waals surface area (Å²) in [6.45, 7) is 8.90. The van der Waals surface area contributed by atoms with Crippen molar-refractivity contribution in [1.29, 1.82) is 0 Å². The second-order valence-corrected chi connectivity index (χ2v) is 5.36. The number of carbonyl (C=O) groups excluding carboxylic acids is 1. The maximum absolute atomic E-state index is 11.2. The molecule has 17 heavy (non-hydrogen) atoms. The van der Waals surface area contributed by atoms with Gasteiger partial charge in [0.15, 0.2) is 0 Å². The summed E-state index contributed by atoms with van der Waals surface area (Å²) in [6, 6.07) is 8.26. The largest absolute Gasteiger partial charge is 0.461 e. The Labute approximate surface area is 104 Å². The molecule has 0 bridgehead atoms. The fourth-order valence-electron chi connectivity index (χ4n) is 1.54. The minimum Gasteiger partial charge on any atom is -0.461 e. The first-order chi connectivity index (χ1) is 7.93. The van der Waals surface area contributed by atoms with Crippen LogP contribution < -0.4 is 0 Å². The number of carbonyl (C=O) groups is 1. The molecule has 0 unspecified atom stereocenters. The van der Waals surface area contributed by atoms with E-state index < -0.39 is 0 Å². The molecule has 0 atom stereocenters. The molecule has 0 aliphatic heterocycles. The molecule has 0 heterocycles. The molecule has 0 N–H and O–H groups in total. The van der Waals surface area contributed by atoms with Crippen molar-refractivity contribution in [3.8, 4) is 0 Å². The lowest BCUT2D eigenvalue weighted by molar-refractivity contribution is -0.144. The van der Waals surface area contributed by atoms with E-state index in [0.29, 0.717) is 13.0 Å². The average molecular weight is 234 g/mol. The maximum atomic E-state index is 11.2. The lowest BCUT2D eigenvalue weighted by atomic mass is 9.87. The third-order valence-corrected chi connectivity index (χ3v) is 2.67. The van der Waals surface area contributed by atoms with Gasteiger partial charge in [-0.3, -0.25) is 4.79 Å². The molecule has 0 fully saturated rings. The standard InChI is InChI=1S/C15H22O2/c1-5-6-14(16)17-11-12-7-9-13(10-8-12)15(2,3)4/h7-10H,5-6,11H2,1-4H3. The van der Waals surface area contributed by atoms with Crippen LogP contribution in [0.3, 0.4) is 0 Å². The Morgan fingerprint density at radius 1 is 1.18 bits per heavy atom. The van der Waals surface area contributed by atoms with Gasteiger partial charge in [-0.05, 0) is 23.0 Å². The number of hydrogen-bond acceptors (Lipinski definition) is 2. The van der Waals surface area contributed by atoms with E-state index in [9.17, 15) is 4.79 Å². The van der Waals surface area contributed by atoms with Crippen molar-refractivity contribution in [1.82, 2.24) is 0 Å². The molecule has 2 nitrogen and oxygen atoms in total. The minimum atomic E-state index is -0.118. The van der Waals surface area contributed by atoms with Crippen LogP contribution in [0.25, 0.3) is 0 Å². The van der Waals surface area contributed by atoms with E-state index in [2.05, 4.69) is 32.9 Å². The van der Waals surface area contributed by atoms with Crippen molar-refractivity contribution in [3.05, 3.63) is 35.4 Å². The summed E-state index contributed by atoms with van der Waals surface area (Å²) in [7, 11) is 0. The predicted molar refractivity (Wildman–Crippen MR) is 69.8 cm³/mol. The van der Waals surface area contributed by atoms with Crippen LogP contribution in [-0.4, -0.2) is 5.97 Å². The smallest absolute Gasteiger partial charge is 0.306 e. The van der Waals surface area contributed by atoms with Crippen LogP contribution in [0.5, 0.6) is 0 Å². The quantitative estimate of drug-likeness (QED) is 0.740. The zero-order chi connectivity index (χ0) is 12.9. The highest BCUT2D eigenvalue weighted by Crippen LogP contribution is 2.22. The molecule has 0 amide bonds. The van der Waals surface area contributed by atoms with Gasteiger partial charge in [0.25, 0.3) is 0 Å². The van der Waals surface area contributed by atoms with Gasteiger partial charge in [-0.25, -0.2) is 0 Å². The molecule has 0 spiro atoms. The number of rotatable bonds is 4. The van der Waals surface area contributed by atoms with Crippen LogP contribution in [-0.2, 0) is 21.6 Å². The van der Waals surface area contributed by atoms with E-state index in [4.69, 9.17) is 4.74 Å². The second-order valence-electron chi connectivity index (χ2n) is 5.36. The highest BCUT2D eigenvalue weighted by Gasteiger charge is 2.12. The zero-order valence-electron chi connectivity index (χ0n) is 11.2. The molecule has 0 saturated carbocycles. The summed E-state index contributed by atoms with van der Waals surface area (Å²) in [5.74, 6) is -0.118. The highest BCUT2D eigenvalue weighted by molar-refractivity contribution is 5.69. The van der Waals surface area contributed by atoms with Crippen molar-refractivity contribution in [2.75, 3.05) is 0 Å². The van der Waals surface area contributed by atoms with Crippen molar-refractivity contribution < 1.29 is 9.53 Å². The van der Waals surface area contributed by atoms with Crippen LogP contribution in [0.15, 0.2) is 24.3 Å². The summed E-state index contributed by atoms with van der Waals surface area (Å²) in [5.41, 5.74) is 2.50. The molecule has 0 radical (unpaired) electrons. The molecule has 1 rings (SSSR count). The van der Waals surface area contributed by atoms with Gasteiger partial charge in [-0.2, -0.15) is 0 Å². The van der Waals surface area contributed by atoms with Gasteiger partial charge >= 0.3 is 5.97 Å². The summed E-state index contributed by atoms with van der Waals surface area (Å²) < 4.78 is 5.16. The van der Waals surface area contributed by atoms with Crippen molar-refractivity contribution in [2.45, 2.75) is 52.6 Å². The van der Waals surface area contributed by atoms with Crippen molar-refractivity contribution in [2.24, 2.45) is 0 Å². The van der Waals surface area contributed by atoms with Crippen LogP contribution in [0.2, 0.25) is 0 Å². The second kappa shape index (κ2) is 5.85. The molecule has 94 valence electrons. The monoisotopic (exact) mass is 234 g/mol. The van der Waals surface area contributed by atoms with Crippen LogP contribution in [0.4, 0.5) is 0 Å². The van der Waals surface area contributed by atoms with E-state index >= 15 is 0 Å². The molecule has 1 aromatic carbocycles. The van der Waals surface area contributed by atoms with Gasteiger partial charge in [-0.1, -0.05) is 52.0 Å². The van der Waals surface area contributed by atoms with E-state index in [1.807, 2.05) is 19.1 Å². The lowest BCUT2D eigenvalue weighted by Crippen LogP contribution is -2.11. The predicted octanol–water partition coefficient (Wildman–Crippen LogP) is 3.83. The summed E-state index contributed by atoms with van der Waals surface area (Å²) >= 11 is 0. The molecular weight excluding hydrogens is 212 g/mol. The van der Waals surface area contributed by atoms with E-state index in [1.54, 1.807) is 0 Å². The number of esters is 1. The summed E-state index contributed by atoms with van der Waals surface area (Å²) in [6.07, 6.45) is 1.34. The van der Waals surface area contributed by atoms with Gasteiger partial charge in [0.1, 0.15) is 6.61 Å². The molecule has 2 heteroatoms. The fourth-order valence-corrected chi connectivity index (χ4v) is 1.54. The number of hydrogen-bond donors (Lipinski definition) is 0. The van der Waals surface area contributed by atoms with Gasteiger partial charge in [0, 0.05) is 6.42 Å². The molecule has 0 saturated heterocycles. The first-order valence-electron chi connectivity index (χ1n) is 6.18. The van der Waals surface area contributed by atoms with Crippen LogP contribution in [0, 0.1) is 0 Å². The molecule has 0 aliphatic carbocycles. The lowest BCUT2D eigenvalue weighted by Gasteiger charge is -2.19. The van der Waals surface area contributed by atoms with Crippen LogP contribution in [0.1, 0.15) is 51.7 Å². The first kappa shape index (κ1) is 13.8. The summed E-state index contributed by atoms with van der Waals surface area (Å²) in [5, 5.41) is 0. The third-order valence-electron chi connectivity index (χ3n) is 2.67. The molecular formula is C15H22O2. The maximum Gasteiger partial charge on any atom is 0.306 e. The van der Waals surface area contributed by atoms with Gasteiger partial charge < -0.3 is 4.74 Å². The Bertz CT molecular complexity index is 358. The van der Waals surface area contributed by atoms with Crippen molar-refractivity contribution in [3.63, 3.8) is 0 Å². The van der Waals surface area contributed by atoms with Crippen molar-refractivity contribution >= 4 is 5.97 Å². The van der Waals surface area contributed by atoms with Gasteiger partial charge in [0.05, 0.1) is 0 Å². The highest BCUT2D eigenvalue weighted by atomic mass is 16.5. The molecule has 0 aromatic heterocycles. The van der Waals surface area contributed by atoms with Crippen LogP contribution >= 0.6 is 0 Å². The van der Waals surface area contributed by atoms with E-state index in [1.165, 1.54) is 5.56 Å². The SMILES string of the molecule is CCCC(=O)OCc1ccc(C(C)(C)C)cc1. The topological polar surface area (TPSA) is 26.3 Å². The Balaban J connectivity index is 2.54. The number of ether oxygens (including phenoxy) is 1. The molecule has 0 aliphatic rings. The van der Waals surface area contributed by atoms with E-state index in [0.717, 1.165) is 12.0 Å². The Kier molecular flexibility index (Phi) is 4.73. The summed E-state index contributed by atoms with van der Waals surface area (Å²) in [4.78, 5) is 11.2. The Morgan fingerprint density at radius 2 is 1.76 bits per heavy atom. The third kappa shape index (κ3) is 4.59. The zero-order valence-corrected chi connectivity index (χ0v) is 11.2.